The van der Waals surface area contributed by atoms with Crippen LogP contribution in [0.5, 0.6) is 0 Å². The number of nitrogens with two attached hydrogens (primary N) is 1. The summed E-state index contributed by atoms with van der Waals surface area (Å²) in [6.07, 6.45) is 0. The first-order valence-electron chi connectivity index (χ1n) is 5.77. The SMILES string of the molecule is CC(C)NC(=O)CN(C)C(CN)c1cccs1. The summed E-state index contributed by atoms with van der Waals surface area (Å²) in [7, 11) is 1.93. The Bertz CT molecular complexity index is 338. The van der Waals surface area contributed by atoms with Crippen LogP contribution in [-0.2, 0) is 4.79 Å². The molecule has 1 atom stereocenters. The molecule has 17 heavy (non-hydrogen) atoms. The Morgan fingerprint density at radius 1 is 1.59 bits per heavy atom. The molecule has 5 heteroatoms. The van der Waals surface area contributed by atoms with Gasteiger partial charge in [-0.25, -0.2) is 0 Å². The summed E-state index contributed by atoms with van der Waals surface area (Å²) in [5.74, 6) is 0.0394. The monoisotopic (exact) mass is 255 g/mol. The van der Waals surface area contributed by atoms with E-state index in [1.165, 1.54) is 4.88 Å². The molecule has 1 heterocycles. The van der Waals surface area contributed by atoms with E-state index in [0.717, 1.165) is 0 Å². The Labute approximate surface area is 107 Å². The summed E-state index contributed by atoms with van der Waals surface area (Å²) in [5, 5.41) is 4.91. The van der Waals surface area contributed by atoms with Crippen molar-refractivity contribution in [2.45, 2.75) is 25.9 Å². The molecule has 96 valence electrons. The van der Waals surface area contributed by atoms with E-state index in [1.807, 2.05) is 37.2 Å². The van der Waals surface area contributed by atoms with Gasteiger partial charge in [-0.2, -0.15) is 0 Å². The second-order valence-corrected chi connectivity index (χ2v) is 5.38. The number of hydrogen-bond acceptors (Lipinski definition) is 4. The highest BCUT2D eigenvalue weighted by Crippen LogP contribution is 2.22. The first kappa shape index (κ1) is 14.2. The van der Waals surface area contributed by atoms with E-state index < -0.39 is 0 Å². The molecule has 0 fully saturated rings. The van der Waals surface area contributed by atoms with Gasteiger partial charge in [0.15, 0.2) is 0 Å². The number of amides is 1. The van der Waals surface area contributed by atoms with E-state index in [-0.39, 0.29) is 18.0 Å². The maximum Gasteiger partial charge on any atom is 0.234 e. The van der Waals surface area contributed by atoms with Gasteiger partial charge in [-0.15, -0.1) is 11.3 Å². The number of nitrogens with one attached hydrogen (secondary N) is 1. The molecule has 0 spiro atoms. The van der Waals surface area contributed by atoms with Gasteiger partial charge in [0, 0.05) is 17.5 Å². The van der Waals surface area contributed by atoms with Gasteiger partial charge in [0.25, 0.3) is 0 Å². The van der Waals surface area contributed by atoms with Crippen molar-refractivity contribution in [3.63, 3.8) is 0 Å². The highest BCUT2D eigenvalue weighted by atomic mass is 32.1. The highest BCUT2D eigenvalue weighted by Gasteiger charge is 2.18. The average Bonchev–Trinajstić information content (AvgIpc) is 2.70. The molecular formula is C12H21N3OS. The van der Waals surface area contributed by atoms with Gasteiger partial charge in [-0.05, 0) is 32.3 Å². The van der Waals surface area contributed by atoms with Crippen LogP contribution in [-0.4, -0.2) is 37.0 Å². The van der Waals surface area contributed by atoms with Crippen LogP contribution in [0.4, 0.5) is 0 Å². The van der Waals surface area contributed by atoms with Gasteiger partial charge in [0.1, 0.15) is 0 Å². The molecule has 0 radical (unpaired) electrons. The van der Waals surface area contributed by atoms with Crippen LogP contribution >= 0.6 is 11.3 Å². The standard InChI is InChI=1S/C12H21N3OS/c1-9(2)14-12(16)8-15(3)10(7-13)11-5-4-6-17-11/h4-6,9-10H,7-8,13H2,1-3H3,(H,14,16). The lowest BCUT2D eigenvalue weighted by Gasteiger charge is -2.25. The van der Waals surface area contributed by atoms with Crippen molar-refractivity contribution < 1.29 is 4.79 Å². The number of carbonyl (C=O) groups excluding carboxylic acids is 1. The van der Waals surface area contributed by atoms with Crippen molar-refractivity contribution in [3.05, 3.63) is 22.4 Å². The summed E-state index contributed by atoms with van der Waals surface area (Å²) in [6, 6.07) is 4.35. The smallest absolute Gasteiger partial charge is 0.234 e. The highest BCUT2D eigenvalue weighted by molar-refractivity contribution is 7.10. The zero-order chi connectivity index (χ0) is 12.8. The summed E-state index contributed by atoms with van der Waals surface area (Å²) in [6.45, 7) is 4.80. The van der Waals surface area contributed by atoms with Crippen LogP contribution in [0.15, 0.2) is 17.5 Å². The van der Waals surface area contributed by atoms with E-state index >= 15 is 0 Å². The van der Waals surface area contributed by atoms with E-state index in [9.17, 15) is 4.79 Å². The Balaban J connectivity index is 2.55. The molecule has 1 unspecified atom stereocenters. The summed E-state index contributed by atoms with van der Waals surface area (Å²) in [5.41, 5.74) is 5.78. The van der Waals surface area contributed by atoms with E-state index in [2.05, 4.69) is 11.4 Å². The van der Waals surface area contributed by atoms with E-state index in [1.54, 1.807) is 11.3 Å². The molecule has 0 aromatic carbocycles. The van der Waals surface area contributed by atoms with Crippen molar-refractivity contribution in [3.8, 4) is 0 Å². The van der Waals surface area contributed by atoms with E-state index in [0.29, 0.717) is 13.1 Å². The van der Waals surface area contributed by atoms with Crippen molar-refractivity contribution in [1.29, 1.82) is 0 Å². The second-order valence-electron chi connectivity index (χ2n) is 4.40. The third kappa shape index (κ3) is 4.46. The normalized spacial score (nSPS) is 13.1. The van der Waals surface area contributed by atoms with Crippen LogP contribution in [0, 0.1) is 0 Å². The number of carbonyl (C=O) groups is 1. The third-order valence-electron chi connectivity index (χ3n) is 2.47. The minimum Gasteiger partial charge on any atom is -0.353 e. The van der Waals surface area contributed by atoms with Crippen molar-refractivity contribution in [1.82, 2.24) is 10.2 Å². The molecule has 0 saturated heterocycles. The van der Waals surface area contributed by atoms with Gasteiger partial charge in [0.2, 0.25) is 5.91 Å². The van der Waals surface area contributed by atoms with Crippen LogP contribution in [0.2, 0.25) is 0 Å². The molecular weight excluding hydrogens is 234 g/mol. The largest absolute Gasteiger partial charge is 0.353 e. The predicted molar refractivity (Wildman–Crippen MR) is 72.0 cm³/mol. The fraction of sp³-hybridized carbons (Fsp3) is 0.583. The second kappa shape index (κ2) is 6.74. The minimum atomic E-state index is 0.0394. The quantitative estimate of drug-likeness (QED) is 0.803. The number of nitrogens with zero attached hydrogens (tertiary/aromatic N) is 1. The maximum atomic E-state index is 11.7. The Morgan fingerprint density at radius 2 is 2.29 bits per heavy atom. The van der Waals surface area contributed by atoms with Crippen LogP contribution < -0.4 is 11.1 Å². The third-order valence-corrected chi connectivity index (χ3v) is 3.44. The Morgan fingerprint density at radius 3 is 2.76 bits per heavy atom. The number of thiophene rings is 1. The molecule has 1 aromatic rings. The first-order chi connectivity index (χ1) is 8.04. The lowest BCUT2D eigenvalue weighted by molar-refractivity contribution is -0.122. The number of hydrogen-bond donors (Lipinski definition) is 2. The fourth-order valence-corrected chi connectivity index (χ4v) is 2.60. The molecule has 4 nitrogen and oxygen atoms in total. The zero-order valence-electron chi connectivity index (χ0n) is 10.6. The molecule has 0 bridgehead atoms. The predicted octanol–water partition coefficient (Wildman–Crippen LogP) is 1.20. The fourth-order valence-electron chi connectivity index (χ4n) is 1.70. The van der Waals surface area contributed by atoms with Gasteiger partial charge in [-0.3, -0.25) is 9.69 Å². The molecule has 1 amide bonds. The first-order valence-corrected chi connectivity index (χ1v) is 6.65. The molecule has 0 aliphatic rings. The lowest BCUT2D eigenvalue weighted by atomic mass is 10.2. The molecule has 3 N–H and O–H groups in total. The zero-order valence-corrected chi connectivity index (χ0v) is 11.5. The molecule has 1 rings (SSSR count). The topological polar surface area (TPSA) is 58.4 Å². The summed E-state index contributed by atoms with van der Waals surface area (Å²) >= 11 is 1.67. The van der Waals surface area contributed by atoms with Crippen LogP contribution in [0.3, 0.4) is 0 Å². The summed E-state index contributed by atoms with van der Waals surface area (Å²) < 4.78 is 0. The minimum absolute atomic E-state index is 0.0394. The van der Waals surface area contributed by atoms with Gasteiger partial charge >= 0.3 is 0 Å². The maximum absolute atomic E-state index is 11.7. The van der Waals surface area contributed by atoms with Crippen LogP contribution in [0.25, 0.3) is 0 Å². The Hall–Kier alpha value is -0.910. The van der Waals surface area contributed by atoms with Crippen molar-refractivity contribution >= 4 is 17.2 Å². The summed E-state index contributed by atoms with van der Waals surface area (Å²) in [4.78, 5) is 14.9. The number of rotatable bonds is 6. The molecule has 0 aliphatic heterocycles. The van der Waals surface area contributed by atoms with Gasteiger partial charge in [-0.1, -0.05) is 6.07 Å². The molecule has 0 saturated carbocycles. The van der Waals surface area contributed by atoms with Crippen molar-refractivity contribution in [2.75, 3.05) is 20.1 Å². The van der Waals surface area contributed by atoms with E-state index in [4.69, 9.17) is 5.73 Å². The van der Waals surface area contributed by atoms with Crippen molar-refractivity contribution in [2.24, 2.45) is 5.73 Å². The Kier molecular flexibility index (Phi) is 5.61. The molecule has 0 aliphatic carbocycles. The van der Waals surface area contributed by atoms with Gasteiger partial charge < -0.3 is 11.1 Å². The number of likely N-dealkylation sites (N-methyl/N-ethyl adjacent to an activating group) is 1. The van der Waals surface area contributed by atoms with Gasteiger partial charge in [0.05, 0.1) is 12.6 Å². The van der Waals surface area contributed by atoms with Crippen LogP contribution in [0.1, 0.15) is 24.8 Å². The molecule has 1 aromatic heterocycles. The average molecular weight is 255 g/mol. The lowest BCUT2D eigenvalue weighted by Crippen LogP contribution is -2.41.